The van der Waals surface area contributed by atoms with Gasteiger partial charge in [0.15, 0.2) is 0 Å². The highest BCUT2D eigenvalue weighted by molar-refractivity contribution is 14.1. The van der Waals surface area contributed by atoms with Crippen molar-refractivity contribution in [3.63, 3.8) is 0 Å². The summed E-state index contributed by atoms with van der Waals surface area (Å²) < 4.78 is 6.26. The summed E-state index contributed by atoms with van der Waals surface area (Å²) in [7, 11) is 0. The van der Waals surface area contributed by atoms with Crippen LogP contribution in [-0.4, -0.2) is 48.7 Å². The quantitative estimate of drug-likeness (QED) is 0.580. The van der Waals surface area contributed by atoms with Crippen LogP contribution in [0.1, 0.15) is 0 Å². The second-order valence-electron chi connectivity index (χ2n) is 3.68. The van der Waals surface area contributed by atoms with Gasteiger partial charge in [-0.1, -0.05) is 0 Å². The van der Waals surface area contributed by atoms with Crippen LogP contribution in [0.15, 0.2) is 21.6 Å². The molecule has 1 amide bonds. The third-order valence-electron chi connectivity index (χ3n) is 2.67. The van der Waals surface area contributed by atoms with Crippen LogP contribution < -0.4 is 5.73 Å². The molecular weight excluding hydrogens is 321 g/mol. The first-order chi connectivity index (χ1) is 7.72. The van der Waals surface area contributed by atoms with Crippen molar-refractivity contribution in [2.45, 2.75) is 6.17 Å². The van der Waals surface area contributed by atoms with Gasteiger partial charge in [0.25, 0.3) is 0 Å². The number of morpholine rings is 1. The van der Waals surface area contributed by atoms with Gasteiger partial charge < -0.3 is 15.4 Å². The Kier molecular flexibility index (Phi) is 3.82. The second kappa shape index (κ2) is 5.15. The molecule has 6 heteroatoms. The first-order valence-electron chi connectivity index (χ1n) is 5.12. The van der Waals surface area contributed by atoms with Gasteiger partial charge in [-0.05, 0) is 28.7 Å². The molecule has 0 spiro atoms. The molecule has 5 nitrogen and oxygen atoms in total. The first-order valence-corrected chi connectivity index (χ1v) is 6.20. The second-order valence-corrected chi connectivity index (χ2v) is 4.93. The zero-order valence-electron chi connectivity index (χ0n) is 8.80. The van der Waals surface area contributed by atoms with Crippen molar-refractivity contribution in [1.82, 2.24) is 9.80 Å². The minimum Gasteiger partial charge on any atom is -0.378 e. The van der Waals surface area contributed by atoms with Crippen LogP contribution in [0, 0.1) is 0 Å². The smallest absolute Gasteiger partial charge is 0.215 e. The molecule has 1 unspecified atom stereocenters. The van der Waals surface area contributed by atoms with Crippen molar-refractivity contribution >= 4 is 29.0 Å². The van der Waals surface area contributed by atoms with Crippen molar-refractivity contribution < 1.29 is 9.53 Å². The number of amides is 1. The molecule has 1 atom stereocenters. The summed E-state index contributed by atoms with van der Waals surface area (Å²) in [5.74, 6) is 0. The predicted molar refractivity (Wildman–Crippen MR) is 68.5 cm³/mol. The molecule has 0 aliphatic carbocycles. The van der Waals surface area contributed by atoms with E-state index in [4.69, 9.17) is 10.5 Å². The zero-order chi connectivity index (χ0) is 11.5. The van der Waals surface area contributed by atoms with E-state index < -0.39 is 0 Å². The summed E-state index contributed by atoms with van der Waals surface area (Å²) in [5.41, 5.74) is 6.89. The molecule has 0 saturated carbocycles. The van der Waals surface area contributed by atoms with E-state index in [-0.39, 0.29) is 6.17 Å². The number of carbonyl (C=O) groups is 1. The van der Waals surface area contributed by atoms with E-state index in [1.807, 2.05) is 6.08 Å². The van der Waals surface area contributed by atoms with E-state index in [2.05, 4.69) is 27.5 Å². The van der Waals surface area contributed by atoms with E-state index in [9.17, 15) is 4.79 Å². The van der Waals surface area contributed by atoms with E-state index in [1.54, 1.807) is 6.20 Å². The Labute approximate surface area is 108 Å². The van der Waals surface area contributed by atoms with Gasteiger partial charge in [-0.2, -0.15) is 0 Å². The molecule has 0 aromatic heterocycles. The highest BCUT2D eigenvalue weighted by Gasteiger charge is 2.22. The number of ether oxygens (including phenoxy) is 1. The Balaban J connectivity index is 2.16. The number of halogens is 1. The topological polar surface area (TPSA) is 58.8 Å². The molecule has 2 heterocycles. The van der Waals surface area contributed by atoms with Crippen LogP contribution in [0.25, 0.3) is 0 Å². The summed E-state index contributed by atoms with van der Waals surface area (Å²) in [6.07, 6.45) is 4.24. The Bertz CT molecular complexity index is 337. The number of rotatable bonds is 2. The molecule has 88 valence electrons. The maximum Gasteiger partial charge on any atom is 0.215 e. The van der Waals surface area contributed by atoms with E-state index in [1.165, 1.54) is 4.90 Å². The van der Waals surface area contributed by atoms with Crippen LogP contribution in [0.5, 0.6) is 0 Å². The summed E-state index contributed by atoms with van der Waals surface area (Å²) in [6.45, 7) is 3.17. The standard InChI is InChI=1S/C10H14IN3O2/c11-9-5-8(6-14(7-15)10(9)12)13-1-3-16-4-2-13/h5-7,10H,1-4,12H2. The van der Waals surface area contributed by atoms with Crippen molar-refractivity contribution in [3.05, 3.63) is 21.6 Å². The summed E-state index contributed by atoms with van der Waals surface area (Å²) in [5, 5.41) is 0. The number of hydrogen-bond acceptors (Lipinski definition) is 4. The molecule has 2 aliphatic rings. The van der Waals surface area contributed by atoms with Gasteiger partial charge in [0.1, 0.15) is 6.17 Å². The van der Waals surface area contributed by atoms with Crippen LogP contribution in [0.3, 0.4) is 0 Å². The van der Waals surface area contributed by atoms with Gasteiger partial charge in [0.2, 0.25) is 6.41 Å². The first kappa shape index (κ1) is 11.9. The number of carbonyl (C=O) groups excluding carboxylic acids is 1. The maximum atomic E-state index is 10.9. The Hall–Kier alpha value is -0.600. The molecule has 2 aliphatic heterocycles. The van der Waals surface area contributed by atoms with Gasteiger partial charge in [-0.15, -0.1) is 0 Å². The fraction of sp³-hybridized carbons (Fsp3) is 0.500. The molecule has 1 saturated heterocycles. The lowest BCUT2D eigenvalue weighted by Gasteiger charge is -2.34. The maximum absolute atomic E-state index is 10.9. The average molecular weight is 335 g/mol. The lowest BCUT2D eigenvalue weighted by molar-refractivity contribution is -0.117. The van der Waals surface area contributed by atoms with E-state index >= 15 is 0 Å². The molecule has 0 aromatic carbocycles. The normalized spacial score (nSPS) is 26.2. The Morgan fingerprint density at radius 3 is 2.81 bits per heavy atom. The van der Waals surface area contributed by atoms with Gasteiger partial charge in [0, 0.05) is 22.9 Å². The molecule has 0 radical (unpaired) electrons. The molecular formula is C10H14IN3O2. The molecule has 0 aromatic rings. The lowest BCUT2D eigenvalue weighted by atomic mass is 10.2. The summed E-state index contributed by atoms with van der Waals surface area (Å²) >= 11 is 2.17. The van der Waals surface area contributed by atoms with Crippen molar-refractivity contribution in [2.75, 3.05) is 26.3 Å². The van der Waals surface area contributed by atoms with Gasteiger partial charge >= 0.3 is 0 Å². The SMILES string of the molecule is NC1C(I)=CC(N2CCOCC2)=CN1C=O. The lowest BCUT2D eigenvalue weighted by Crippen LogP contribution is -2.43. The number of nitrogens with zero attached hydrogens (tertiary/aromatic N) is 2. The minimum absolute atomic E-state index is 0.345. The number of allylic oxidation sites excluding steroid dienone is 1. The molecule has 2 N–H and O–H groups in total. The van der Waals surface area contributed by atoms with Gasteiger partial charge in [0.05, 0.1) is 18.9 Å². The van der Waals surface area contributed by atoms with E-state index in [0.29, 0.717) is 0 Å². The third kappa shape index (κ3) is 2.38. The van der Waals surface area contributed by atoms with Crippen molar-refractivity contribution in [3.8, 4) is 0 Å². The zero-order valence-corrected chi connectivity index (χ0v) is 11.0. The summed E-state index contributed by atoms with van der Waals surface area (Å²) in [6, 6.07) is 0. The monoisotopic (exact) mass is 335 g/mol. The number of hydrogen-bond donors (Lipinski definition) is 1. The molecule has 1 fully saturated rings. The van der Waals surface area contributed by atoms with Crippen LogP contribution in [0.2, 0.25) is 0 Å². The van der Waals surface area contributed by atoms with Gasteiger partial charge in [-0.3, -0.25) is 9.69 Å². The van der Waals surface area contributed by atoms with Gasteiger partial charge in [-0.25, -0.2) is 0 Å². The van der Waals surface area contributed by atoms with Crippen molar-refractivity contribution in [2.24, 2.45) is 5.73 Å². The van der Waals surface area contributed by atoms with Crippen LogP contribution in [0.4, 0.5) is 0 Å². The summed E-state index contributed by atoms with van der Waals surface area (Å²) in [4.78, 5) is 14.6. The molecule has 16 heavy (non-hydrogen) atoms. The van der Waals surface area contributed by atoms with Crippen LogP contribution in [-0.2, 0) is 9.53 Å². The van der Waals surface area contributed by atoms with E-state index in [0.717, 1.165) is 42.0 Å². The Morgan fingerprint density at radius 1 is 1.50 bits per heavy atom. The predicted octanol–water partition coefficient (Wildman–Crippen LogP) is 0.236. The van der Waals surface area contributed by atoms with Crippen molar-refractivity contribution in [1.29, 1.82) is 0 Å². The van der Waals surface area contributed by atoms with Crippen LogP contribution >= 0.6 is 22.6 Å². The third-order valence-corrected chi connectivity index (χ3v) is 3.62. The largest absolute Gasteiger partial charge is 0.378 e. The fourth-order valence-corrected chi connectivity index (χ4v) is 2.37. The Morgan fingerprint density at radius 2 is 2.19 bits per heavy atom. The number of nitrogens with two attached hydrogens (primary N) is 1. The highest BCUT2D eigenvalue weighted by atomic mass is 127. The minimum atomic E-state index is -0.345. The molecule has 2 rings (SSSR count). The fourth-order valence-electron chi connectivity index (χ4n) is 1.73. The highest BCUT2D eigenvalue weighted by Crippen LogP contribution is 2.24. The average Bonchev–Trinajstić information content (AvgIpc) is 2.33. The molecule has 0 bridgehead atoms.